The highest BCUT2D eigenvalue weighted by molar-refractivity contribution is 5.73. The quantitative estimate of drug-likeness (QED) is 0.743. The van der Waals surface area contributed by atoms with Crippen LogP contribution in [-0.4, -0.2) is 53.9 Å². The lowest BCUT2D eigenvalue weighted by molar-refractivity contribution is -0.192. The summed E-state index contributed by atoms with van der Waals surface area (Å²) < 4.78 is 31.7. The number of nitrogens with one attached hydrogen (secondary N) is 1. The number of piperazine rings is 1. The highest BCUT2D eigenvalue weighted by Gasteiger charge is 2.38. The first-order chi connectivity index (χ1) is 7.66. The van der Waals surface area contributed by atoms with Gasteiger partial charge in [-0.2, -0.15) is 13.2 Å². The molecule has 0 unspecified atom stereocenters. The third kappa shape index (κ3) is 6.48. The Balaban J connectivity index is 0.000000325. The van der Waals surface area contributed by atoms with Gasteiger partial charge in [0.25, 0.3) is 0 Å². The molecule has 0 saturated carbocycles. The van der Waals surface area contributed by atoms with Crippen molar-refractivity contribution in [2.45, 2.75) is 39.0 Å². The SMILES string of the molecule is CC(C)N1CCNC[C@H]1C.O=C(O)C(F)(F)F. The second kappa shape index (κ2) is 6.80. The molecule has 1 aliphatic rings. The van der Waals surface area contributed by atoms with Gasteiger partial charge in [-0.25, -0.2) is 4.79 Å². The molecule has 102 valence electrons. The number of carboxylic acids is 1. The lowest BCUT2D eigenvalue weighted by atomic mass is 10.2. The summed E-state index contributed by atoms with van der Waals surface area (Å²) >= 11 is 0. The van der Waals surface area contributed by atoms with Crippen molar-refractivity contribution in [1.82, 2.24) is 10.2 Å². The van der Waals surface area contributed by atoms with E-state index in [1.54, 1.807) is 0 Å². The number of carbonyl (C=O) groups is 1. The van der Waals surface area contributed by atoms with Crippen LogP contribution in [0.15, 0.2) is 0 Å². The molecular weight excluding hydrogens is 237 g/mol. The van der Waals surface area contributed by atoms with Crippen LogP contribution in [-0.2, 0) is 4.79 Å². The molecule has 2 N–H and O–H groups in total. The molecule has 0 aromatic carbocycles. The van der Waals surface area contributed by atoms with Crippen LogP contribution in [0.5, 0.6) is 0 Å². The van der Waals surface area contributed by atoms with Gasteiger partial charge in [0, 0.05) is 31.7 Å². The van der Waals surface area contributed by atoms with Gasteiger partial charge in [0.1, 0.15) is 0 Å². The Morgan fingerprint density at radius 3 is 2.18 bits per heavy atom. The molecule has 4 nitrogen and oxygen atoms in total. The predicted molar refractivity (Wildman–Crippen MR) is 57.9 cm³/mol. The van der Waals surface area contributed by atoms with Gasteiger partial charge >= 0.3 is 12.1 Å². The zero-order valence-corrected chi connectivity index (χ0v) is 10.2. The zero-order chi connectivity index (χ0) is 13.6. The maximum absolute atomic E-state index is 10.6. The van der Waals surface area contributed by atoms with Crippen LogP contribution >= 0.6 is 0 Å². The van der Waals surface area contributed by atoms with Crippen LogP contribution in [0.1, 0.15) is 20.8 Å². The topological polar surface area (TPSA) is 52.6 Å². The summed E-state index contributed by atoms with van der Waals surface area (Å²) in [7, 11) is 0. The van der Waals surface area contributed by atoms with E-state index in [9.17, 15) is 13.2 Å². The molecule has 17 heavy (non-hydrogen) atoms. The minimum atomic E-state index is -5.08. The summed E-state index contributed by atoms with van der Waals surface area (Å²) in [5.74, 6) is -2.76. The average molecular weight is 256 g/mol. The second-order valence-corrected chi connectivity index (χ2v) is 4.19. The summed E-state index contributed by atoms with van der Waals surface area (Å²) in [6, 6.07) is 1.42. The number of rotatable bonds is 1. The molecule has 1 saturated heterocycles. The van der Waals surface area contributed by atoms with Crippen LogP contribution in [0.4, 0.5) is 13.2 Å². The molecule has 0 aromatic rings. The summed E-state index contributed by atoms with van der Waals surface area (Å²) in [4.78, 5) is 11.4. The zero-order valence-electron chi connectivity index (χ0n) is 10.2. The van der Waals surface area contributed by atoms with Crippen molar-refractivity contribution in [2.24, 2.45) is 0 Å². The average Bonchev–Trinajstić information content (AvgIpc) is 2.17. The first-order valence-electron chi connectivity index (χ1n) is 5.42. The van der Waals surface area contributed by atoms with Crippen LogP contribution in [0.2, 0.25) is 0 Å². The molecule has 7 heteroatoms. The molecule has 1 heterocycles. The maximum atomic E-state index is 10.6. The van der Waals surface area contributed by atoms with Gasteiger partial charge in [-0.15, -0.1) is 0 Å². The van der Waals surface area contributed by atoms with Crippen LogP contribution in [0.3, 0.4) is 0 Å². The largest absolute Gasteiger partial charge is 0.490 e. The lowest BCUT2D eigenvalue weighted by Gasteiger charge is -2.36. The van der Waals surface area contributed by atoms with Crippen molar-refractivity contribution in [3.63, 3.8) is 0 Å². The summed E-state index contributed by atoms with van der Waals surface area (Å²) in [6.45, 7) is 10.3. The van der Waals surface area contributed by atoms with E-state index in [0.717, 1.165) is 13.1 Å². The van der Waals surface area contributed by atoms with Crippen molar-refractivity contribution in [2.75, 3.05) is 19.6 Å². The second-order valence-electron chi connectivity index (χ2n) is 4.19. The van der Waals surface area contributed by atoms with Crippen LogP contribution in [0, 0.1) is 0 Å². The molecule has 0 aliphatic carbocycles. The minimum absolute atomic E-state index is 0.706. The number of aliphatic carboxylic acids is 1. The molecule has 0 bridgehead atoms. The number of halogens is 3. The van der Waals surface area contributed by atoms with Gasteiger partial charge < -0.3 is 10.4 Å². The Hall–Kier alpha value is -0.820. The molecule has 0 amide bonds. The first-order valence-corrected chi connectivity index (χ1v) is 5.42. The van der Waals surface area contributed by atoms with E-state index in [2.05, 4.69) is 31.0 Å². The summed E-state index contributed by atoms with van der Waals surface area (Å²) in [6.07, 6.45) is -5.08. The molecule has 0 spiro atoms. The van der Waals surface area contributed by atoms with E-state index in [1.807, 2.05) is 0 Å². The highest BCUT2D eigenvalue weighted by atomic mass is 19.4. The Morgan fingerprint density at radius 1 is 1.47 bits per heavy atom. The first kappa shape index (κ1) is 16.2. The van der Waals surface area contributed by atoms with E-state index in [-0.39, 0.29) is 0 Å². The predicted octanol–water partition coefficient (Wildman–Crippen LogP) is 1.32. The minimum Gasteiger partial charge on any atom is -0.475 e. The molecular formula is C10H19F3N2O2. The van der Waals surface area contributed by atoms with Crippen molar-refractivity contribution < 1.29 is 23.1 Å². The lowest BCUT2D eigenvalue weighted by Crippen LogP contribution is -2.52. The standard InChI is InChI=1S/C8H18N2.C2HF3O2/c1-7(2)10-5-4-9-6-8(10)3;3-2(4,5)1(6)7/h7-9H,4-6H2,1-3H3;(H,6,7)/t8-;/m1./s1. The van der Waals surface area contributed by atoms with Crippen molar-refractivity contribution in [3.8, 4) is 0 Å². The molecule has 0 radical (unpaired) electrons. The number of carboxylic acid groups (broad SMARTS) is 1. The Labute approximate surface area is 98.8 Å². The molecule has 0 aromatic heterocycles. The highest BCUT2D eigenvalue weighted by Crippen LogP contribution is 2.13. The van der Waals surface area contributed by atoms with E-state index in [0.29, 0.717) is 12.1 Å². The fourth-order valence-electron chi connectivity index (χ4n) is 1.62. The van der Waals surface area contributed by atoms with Gasteiger partial charge in [-0.05, 0) is 20.8 Å². The van der Waals surface area contributed by atoms with Crippen LogP contribution < -0.4 is 5.32 Å². The fourth-order valence-corrected chi connectivity index (χ4v) is 1.62. The summed E-state index contributed by atoms with van der Waals surface area (Å²) in [5.41, 5.74) is 0. The normalized spacial score (nSPS) is 21.9. The van der Waals surface area contributed by atoms with Gasteiger partial charge in [0.05, 0.1) is 0 Å². The maximum Gasteiger partial charge on any atom is 0.490 e. The smallest absolute Gasteiger partial charge is 0.475 e. The van der Waals surface area contributed by atoms with Gasteiger partial charge in [-0.3, -0.25) is 4.90 Å². The third-order valence-corrected chi connectivity index (χ3v) is 2.46. The Morgan fingerprint density at radius 2 is 1.94 bits per heavy atom. The van der Waals surface area contributed by atoms with Gasteiger partial charge in [0.2, 0.25) is 0 Å². The van der Waals surface area contributed by atoms with Crippen molar-refractivity contribution >= 4 is 5.97 Å². The fraction of sp³-hybridized carbons (Fsp3) is 0.900. The van der Waals surface area contributed by atoms with E-state index >= 15 is 0 Å². The number of nitrogens with zero attached hydrogens (tertiary/aromatic N) is 1. The van der Waals surface area contributed by atoms with E-state index < -0.39 is 12.1 Å². The molecule has 1 aliphatic heterocycles. The monoisotopic (exact) mass is 256 g/mol. The summed E-state index contributed by atoms with van der Waals surface area (Å²) in [5, 5.41) is 10.5. The Bertz CT molecular complexity index is 244. The van der Waals surface area contributed by atoms with Gasteiger partial charge in [-0.1, -0.05) is 0 Å². The molecule has 1 fully saturated rings. The van der Waals surface area contributed by atoms with E-state index in [1.165, 1.54) is 6.54 Å². The third-order valence-electron chi connectivity index (χ3n) is 2.46. The Kier molecular flexibility index (Phi) is 6.48. The number of hydrogen-bond donors (Lipinski definition) is 2. The molecule has 1 rings (SSSR count). The van der Waals surface area contributed by atoms with Crippen molar-refractivity contribution in [1.29, 1.82) is 0 Å². The number of alkyl halides is 3. The molecule has 1 atom stereocenters. The van der Waals surface area contributed by atoms with Crippen molar-refractivity contribution in [3.05, 3.63) is 0 Å². The number of hydrogen-bond acceptors (Lipinski definition) is 3. The van der Waals surface area contributed by atoms with Gasteiger partial charge in [0.15, 0.2) is 0 Å². The van der Waals surface area contributed by atoms with E-state index in [4.69, 9.17) is 9.90 Å². The van der Waals surface area contributed by atoms with Crippen LogP contribution in [0.25, 0.3) is 0 Å².